The molecule has 0 unspecified atom stereocenters. The predicted molar refractivity (Wildman–Crippen MR) is 110 cm³/mol. The highest BCUT2D eigenvalue weighted by Crippen LogP contribution is 2.25. The van der Waals surface area contributed by atoms with E-state index in [0.717, 1.165) is 11.3 Å². The molecule has 1 atom stereocenters. The summed E-state index contributed by atoms with van der Waals surface area (Å²) in [4.78, 5) is 26.2. The molecule has 2 heterocycles. The number of rotatable bonds is 9. The first kappa shape index (κ1) is 20.6. The van der Waals surface area contributed by atoms with Gasteiger partial charge in [-0.15, -0.1) is 21.5 Å². The first-order valence-electron chi connectivity index (χ1n) is 9.14. The first-order valence-corrected chi connectivity index (χ1v) is 10.0. The number of amides is 1. The van der Waals surface area contributed by atoms with Crippen LogP contribution in [0.15, 0.2) is 46.2 Å². The number of nitrogens with zero attached hydrogens (tertiary/aromatic N) is 4. The van der Waals surface area contributed by atoms with Gasteiger partial charge in [0.05, 0.1) is 22.4 Å². The number of aromatic nitrogens is 2. The number of carbonyl (C=O) groups is 1. The number of hydrogen-bond acceptors (Lipinski definition) is 8. The van der Waals surface area contributed by atoms with Crippen LogP contribution < -0.4 is 5.32 Å². The topological polar surface area (TPSA) is 114 Å². The molecule has 3 aromatic rings. The Morgan fingerprint density at radius 3 is 2.79 bits per heavy atom. The molecule has 9 nitrogen and oxygen atoms in total. The van der Waals surface area contributed by atoms with Crippen LogP contribution in [0.2, 0.25) is 0 Å². The third kappa shape index (κ3) is 5.04. The third-order valence-electron chi connectivity index (χ3n) is 4.33. The van der Waals surface area contributed by atoms with Crippen LogP contribution in [0.4, 0.5) is 11.4 Å². The third-order valence-corrected chi connectivity index (χ3v) is 5.19. The lowest BCUT2D eigenvalue weighted by Gasteiger charge is -2.26. The van der Waals surface area contributed by atoms with Crippen molar-refractivity contribution in [3.05, 3.63) is 57.8 Å². The van der Waals surface area contributed by atoms with Gasteiger partial charge in [0.1, 0.15) is 5.69 Å². The molecule has 0 bridgehead atoms. The standard InChI is InChI=1S/C19H21N5O4S/c1-3-10-23(12-17-21-22-19(28-17)16-9-6-11-29-16)13(2)18(25)20-14-7-4-5-8-15(14)24(26)27/h4-9,11,13H,3,10,12H2,1-2H3,(H,20,25)/t13-/m0/s1. The lowest BCUT2D eigenvalue weighted by Crippen LogP contribution is -2.42. The summed E-state index contributed by atoms with van der Waals surface area (Å²) in [6.07, 6.45) is 0.815. The summed E-state index contributed by atoms with van der Waals surface area (Å²) >= 11 is 1.51. The number of thiophene rings is 1. The number of benzene rings is 1. The Morgan fingerprint density at radius 1 is 1.31 bits per heavy atom. The quantitative estimate of drug-likeness (QED) is 0.416. The van der Waals surface area contributed by atoms with Gasteiger partial charge in [0.2, 0.25) is 11.8 Å². The maximum absolute atomic E-state index is 12.7. The van der Waals surface area contributed by atoms with Gasteiger partial charge in [-0.1, -0.05) is 25.1 Å². The molecule has 29 heavy (non-hydrogen) atoms. The molecule has 10 heteroatoms. The SMILES string of the molecule is CCCN(Cc1nnc(-c2cccs2)o1)[C@@H](C)C(=O)Nc1ccccc1[N+](=O)[O-]. The van der Waals surface area contributed by atoms with Gasteiger partial charge in [0.25, 0.3) is 11.6 Å². The second-order valence-corrected chi connectivity index (χ2v) is 7.34. The average Bonchev–Trinajstić information content (AvgIpc) is 3.39. The van der Waals surface area contributed by atoms with Crippen molar-refractivity contribution in [2.45, 2.75) is 32.9 Å². The molecule has 0 saturated heterocycles. The van der Waals surface area contributed by atoms with Crippen molar-refractivity contribution in [1.82, 2.24) is 15.1 Å². The van der Waals surface area contributed by atoms with Gasteiger partial charge >= 0.3 is 0 Å². The predicted octanol–water partition coefficient (Wildman–Crippen LogP) is 3.95. The number of para-hydroxylation sites is 2. The fourth-order valence-corrected chi connectivity index (χ4v) is 3.47. The number of carbonyl (C=O) groups excluding carboxylic acids is 1. The molecule has 1 N–H and O–H groups in total. The molecule has 152 valence electrons. The Kier molecular flexibility index (Phi) is 6.68. The van der Waals surface area contributed by atoms with E-state index in [9.17, 15) is 14.9 Å². The number of hydrogen-bond donors (Lipinski definition) is 1. The molecule has 0 saturated carbocycles. The van der Waals surface area contributed by atoms with Gasteiger partial charge in [-0.3, -0.25) is 19.8 Å². The Labute approximate surface area is 171 Å². The van der Waals surface area contributed by atoms with Crippen molar-refractivity contribution in [1.29, 1.82) is 0 Å². The lowest BCUT2D eigenvalue weighted by molar-refractivity contribution is -0.383. The van der Waals surface area contributed by atoms with E-state index in [1.807, 2.05) is 29.3 Å². The van der Waals surface area contributed by atoms with Crippen molar-refractivity contribution in [3.63, 3.8) is 0 Å². The van der Waals surface area contributed by atoms with E-state index in [-0.39, 0.29) is 17.3 Å². The molecule has 0 aliphatic rings. The van der Waals surface area contributed by atoms with E-state index < -0.39 is 11.0 Å². The fraction of sp³-hybridized carbons (Fsp3) is 0.316. The average molecular weight is 415 g/mol. The minimum Gasteiger partial charge on any atom is -0.419 e. The van der Waals surface area contributed by atoms with Crippen LogP contribution in [0.3, 0.4) is 0 Å². The summed E-state index contributed by atoms with van der Waals surface area (Å²) in [5.41, 5.74) is 0.0242. The minimum absolute atomic E-state index is 0.146. The van der Waals surface area contributed by atoms with Gasteiger partial charge < -0.3 is 9.73 Å². The van der Waals surface area contributed by atoms with Gasteiger partial charge in [-0.25, -0.2) is 0 Å². The molecule has 3 rings (SSSR count). The molecule has 0 aliphatic heterocycles. The minimum atomic E-state index is -0.549. The van der Waals surface area contributed by atoms with Crippen molar-refractivity contribution in [2.24, 2.45) is 0 Å². The van der Waals surface area contributed by atoms with Crippen LogP contribution in [0.5, 0.6) is 0 Å². The molecular formula is C19H21N5O4S. The van der Waals surface area contributed by atoms with Crippen LogP contribution in [-0.4, -0.2) is 38.5 Å². The van der Waals surface area contributed by atoms with Crippen molar-refractivity contribution in [2.75, 3.05) is 11.9 Å². The fourth-order valence-electron chi connectivity index (χ4n) is 2.83. The summed E-state index contributed by atoms with van der Waals surface area (Å²) in [7, 11) is 0. The highest BCUT2D eigenvalue weighted by molar-refractivity contribution is 7.13. The molecule has 0 fully saturated rings. The zero-order valence-electron chi connectivity index (χ0n) is 16.1. The van der Waals surface area contributed by atoms with Crippen LogP contribution in [-0.2, 0) is 11.3 Å². The molecule has 0 spiro atoms. The molecular weight excluding hydrogens is 394 g/mol. The Bertz CT molecular complexity index is 973. The van der Waals surface area contributed by atoms with Gasteiger partial charge in [-0.2, -0.15) is 0 Å². The summed E-state index contributed by atoms with van der Waals surface area (Å²) < 4.78 is 5.73. The van der Waals surface area contributed by atoms with Gasteiger partial charge in [0.15, 0.2) is 0 Å². The summed E-state index contributed by atoms with van der Waals surface area (Å²) in [5, 5.41) is 23.9. The van der Waals surface area contributed by atoms with E-state index >= 15 is 0 Å². The molecule has 0 aliphatic carbocycles. The van der Waals surface area contributed by atoms with E-state index in [0.29, 0.717) is 24.9 Å². The summed E-state index contributed by atoms with van der Waals surface area (Å²) in [5.74, 6) is 0.515. The van der Waals surface area contributed by atoms with E-state index in [2.05, 4.69) is 15.5 Å². The molecule has 2 aromatic heterocycles. The largest absolute Gasteiger partial charge is 0.419 e. The van der Waals surface area contributed by atoms with E-state index in [1.165, 1.54) is 23.5 Å². The summed E-state index contributed by atoms with van der Waals surface area (Å²) in [6, 6.07) is 9.32. The second-order valence-electron chi connectivity index (χ2n) is 6.39. The Morgan fingerprint density at radius 2 is 2.10 bits per heavy atom. The monoisotopic (exact) mass is 415 g/mol. The number of nitrogens with one attached hydrogen (secondary N) is 1. The van der Waals surface area contributed by atoms with Gasteiger partial charge in [-0.05, 0) is 37.4 Å². The maximum atomic E-state index is 12.7. The van der Waals surface area contributed by atoms with Crippen LogP contribution in [0.25, 0.3) is 10.8 Å². The molecule has 1 aromatic carbocycles. The lowest BCUT2D eigenvalue weighted by atomic mass is 10.2. The zero-order valence-corrected chi connectivity index (χ0v) is 16.9. The smallest absolute Gasteiger partial charge is 0.292 e. The van der Waals surface area contributed by atoms with Crippen LogP contribution >= 0.6 is 11.3 Å². The van der Waals surface area contributed by atoms with Crippen molar-refractivity contribution < 1.29 is 14.1 Å². The summed E-state index contributed by atoms with van der Waals surface area (Å²) in [6.45, 7) is 4.68. The maximum Gasteiger partial charge on any atom is 0.292 e. The van der Waals surface area contributed by atoms with Gasteiger partial charge in [0, 0.05) is 6.07 Å². The van der Waals surface area contributed by atoms with Crippen LogP contribution in [0.1, 0.15) is 26.2 Å². The normalized spacial score (nSPS) is 12.1. The molecule has 0 radical (unpaired) electrons. The molecule has 1 amide bonds. The van der Waals surface area contributed by atoms with Crippen LogP contribution in [0, 0.1) is 10.1 Å². The zero-order chi connectivity index (χ0) is 20.8. The van der Waals surface area contributed by atoms with Crippen molar-refractivity contribution in [3.8, 4) is 10.8 Å². The highest BCUT2D eigenvalue weighted by atomic mass is 32.1. The Hall–Kier alpha value is -3.11. The number of nitro groups is 1. The second kappa shape index (κ2) is 9.39. The number of nitro benzene ring substituents is 1. The number of anilines is 1. The highest BCUT2D eigenvalue weighted by Gasteiger charge is 2.25. The van der Waals surface area contributed by atoms with E-state index in [1.54, 1.807) is 19.1 Å². The van der Waals surface area contributed by atoms with E-state index in [4.69, 9.17) is 4.42 Å². The first-order chi connectivity index (χ1) is 14.0. The van der Waals surface area contributed by atoms with Crippen molar-refractivity contribution >= 4 is 28.6 Å². The Balaban J connectivity index is 1.71.